The van der Waals surface area contributed by atoms with E-state index < -0.39 is 5.41 Å². The van der Waals surface area contributed by atoms with E-state index in [1.165, 1.54) is 155 Å². The predicted molar refractivity (Wildman–Crippen MR) is 281 cm³/mol. The van der Waals surface area contributed by atoms with Crippen LogP contribution in [0, 0.1) is 0 Å². The molecule has 1 aliphatic heterocycles. The molecule has 0 saturated carbocycles. The fourth-order valence-corrected chi connectivity index (χ4v) is 14.7. The Labute approximate surface area is 393 Å². The molecule has 12 rings (SSSR count). The van der Waals surface area contributed by atoms with Crippen LogP contribution in [0.5, 0.6) is 0 Å². The summed E-state index contributed by atoms with van der Waals surface area (Å²) in [5.41, 5.74) is 17.2. The SMILES string of the molecule is CCCCCCc1cc2c(s1)-c1sc(CCCCCC)cc1C21c2ccccc2N(c2ccc(-c3c4ccccc4cc4ccccc34)cc2)c2cc3c(cc21)-c1ccccc1C3(C)C. The Morgan fingerprint density at radius 3 is 1.65 bits per heavy atom. The number of hydrogen-bond donors (Lipinski definition) is 0. The van der Waals surface area contributed by atoms with Gasteiger partial charge in [0.25, 0.3) is 0 Å². The Bertz CT molecular complexity index is 3170. The molecule has 1 spiro atoms. The number of hydrogen-bond acceptors (Lipinski definition) is 3. The second-order valence-corrected chi connectivity index (χ2v) is 21.7. The van der Waals surface area contributed by atoms with Crippen LogP contribution in [0.3, 0.4) is 0 Å². The number of aryl methyl sites for hydroxylation is 2. The van der Waals surface area contributed by atoms with E-state index in [9.17, 15) is 0 Å². The first kappa shape index (κ1) is 40.7. The van der Waals surface area contributed by atoms with Gasteiger partial charge in [-0.25, -0.2) is 0 Å². The molecule has 0 fully saturated rings. The third-order valence-corrected chi connectivity index (χ3v) is 17.8. The van der Waals surface area contributed by atoms with Crippen LogP contribution in [0.25, 0.3) is 53.6 Å². The Hall–Kier alpha value is -5.74. The second-order valence-electron chi connectivity index (χ2n) is 19.5. The van der Waals surface area contributed by atoms with Crippen molar-refractivity contribution in [2.75, 3.05) is 4.90 Å². The highest BCUT2D eigenvalue weighted by Gasteiger charge is 2.54. The summed E-state index contributed by atoms with van der Waals surface area (Å²) >= 11 is 4.19. The molecule has 0 saturated heterocycles. The Kier molecular flexibility index (Phi) is 10.0. The molecule has 9 aromatic rings. The van der Waals surface area contributed by atoms with Crippen LogP contribution < -0.4 is 4.90 Å². The van der Waals surface area contributed by atoms with Gasteiger partial charge in [-0.2, -0.15) is 0 Å². The maximum atomic E-state index is 2.66. The molecule has 0 unspecified atom stereocenters. The van der Waals surface area contributed by atoms with E-state index in [2.05, 4.69) is 207 Å². The molecule has 1 nitrogen and oxygen atoms in total. The van der Waals surface area contributed by atoms with E-state index >= 15 is 0 Å². The summed E-state index contributed by atoms with van der Waals surface area (Å²) in [4.78, 5) is 8.72. The van der Waals surface area contributed by atoms with E-state index in [0.717, 1.165) is 12.8 Å². The molecule has 0 radical (unpaired) electrons. The number of para-hydroxylation sites is 1. The van der Waals surface area contributed by atoms with Gasteiger partial charge in [-0.1, -0.05) is 169 Å². The van der Waals surface area contributed by atoms with E-state index in [0.29, 0.717) is 0 Å². The zero-order valence-corrected chi connectivity index (χ0v) is 39.9. The normalized spacial score (nSPS) is 14.7. The number of anilines is 3. The minimum absolute atomic E-state index is 0.135. The summed E-state index contributed by atoms with van der Waals surface area (Å²) in [6, 6.07) is 58.9. The lowest BCUT2D eigenvalue weighted by Crippen LogP contribution is -2.36. The lowest BCUT2D eigenvalue weighted by atomic mass is 9.64. The number of rotatable bonds is 12. The first-order valence-corrected chi connectivity index (χ1v) is 26.0. The van der Waals surface area contributed by atoms with E-state index in [1.807, 2.05) is 0 Å². The molecule has 3 heterocycles. The third-order valence-electron chi connectivity index (χ3n) is 15.2. The van der Waals surface area contributed by atoms with Crippen molar-refractivity contribution in [3.8, 4) is 32.0 Å². The third kappa shape index (κ3) is 6.21. The average Bonchev–Trinajstić information content (AvgIpc) is 4.07. The average molecular weight is 880 g/mol. The standard InChI is InChI=1S/C62H57NS2/c1-5-7-9-11-23-44-36-54-59(64-44)60-55(37-45(65-60)24-12-10-8-6-2)62(54)51-29-19-20-30-56(51)63(57-39-52-49(38-53(57)62)48-27-17-18-28-50(48)61(52,3)4)43-33-31-40(32-34-43)58-46-25-15-13-21-41(46)35-42-22-14-16-26-47(42)58/h13-22,25-39H,5-12,23-24H2,1-4H3. The Morgan fingerprint density at radius 1 is 0.446 bits per heavy atom. The van der Waals surface area contributed by atoms with Gasteiger partial charge < -0.3 is 4.90 Å². The molecule has 7 aromatic carbocycles. The largest absolute Gasteiger partial charge is 0.310 e. The molecule has 3 heteroatoms. The molecule has 0 amide bonds. The second kappa shape index (κ2) is 16.0. The predicted octanol–water partition coefficient (Wildman–Crippen LogP) is 18.5. The van der Waals surface area contributed by atoms with Crippen molar-refractivity contribution in [1.29, 1.82) is 0 Å². The number of nitrogens with zero attached hydrogens (tertiary/aromatic N) is 1. The van der Waals surface area contributed by atoms with Crippen molar-refractivity contribution >= 4 is 61.3 Å². The fraction of sp³-hybridized carbons (Fsp3) is 0.258. The zero-order valence-electron chi connectivity index (χ0n) is 38.3. The maximum absolute atomic E-state index is 2.66. The highest BCUT2D eigenvalue weighted by molar-refractivity contribution is 7.22. The highest BCUT2D eigenvalue weighted by atomic mass is 32.1. The van der Waals surface area contributed by atoms with Gasteiger partial charge in [0, 0.05) is 30.6 Å². The number of unbranched alkanes of at least 4 members (excludes halogenated alkanes) is 6. The summed E-state index contributed by atoms with van der Waals surface area (Å²) in [7, 11) is 0. The lowest BCUT2D eigenvalue weighted by molar-refractivity contribution is 0.658. The van der Waals surface area contributed by atoms with Crippen LogP contribution in [-0.2, 0) is 23.7 Å². The van der Waals surface area contributed by atoms with Crippen LogP contribution >= 0.6 is 22.7 Å². The van der Waals surface area contributed by atoms with Crippen LogP contribution in [0.2, 0.25) is 0 Å². The van der Waals surface area contributed by atoms with Gasteiger partial charge in [-0.3, -0.25) is 0 Å². The smallest absolute Gasteiger partial charge is 0.0771 e. The van der Waals surface area contributed by atoms with Crippen LogP contribution in [0.1, 0.15) is 122 Å². The molecule has 322 valence electrons. The van der Waals surface area contributed by atoms with Gasteiger partial charge in [-0.15, -0.1) is 22.7 Å². The van der Waals surface area contributed by atoms with Crippen LogP contribution in [0.15, 0.2) is 152 Å². The molecular weight excluding hydrogens is 823 g/mol. The minimum atomic E-state index is -0.429. The van der Waals surface area contributed by atoms with E-state index in [4.69, 9.17) is 0 Å². The molecule has 0 N–H and O–H groups in total. The lowest BCUT2D eigenvalue weighted by Gasteiger charge is -2.45. The highest BCUT2D eigenvalue weighted by Crippen LogP contribution is 2.68. The number of benzene rings is 7. The summed E-state index contributed by atoms with van der Waals surface area (Å²) in [6.07, 6.45) is 12.6. The molecular formula is C62H57NS2. The number of fused-ring (bicyclic) bond motifs is 14. The molecule has 3 aliphatic rings. The number of thiophene rings is 2. The van der Waals surface area contributed by atoms with Crippen LogP contribution in [0.4, 0.5) is 17.1 Å². The summed E-state index contributed by atoms with van der Waals surface area (Å²) in [5, 5.41) is 5.14. The Morgan fingerprint density at radius 2 is 1.02 bits per heavy atom. The maximum Gasteiger partial charge on any atom is 0.0771 e. The van der Waals surface area contributed by atoms with Crippen molar-refractivity contribution < 1.29 is 0 Å². The van der Waals surface area contributed by atoms with Crippen molar-refractivity contribution in [2.45, 2.75) is 103 Å². The van der Waals surface area contributed by atoms with Gasteiger partial charge in [-0.05, 0) is 151 Å². The molecule has 0 bridgehead atoms. The van der Waals surface area contributed by atoms with Crippen molar-refractivity contribution in [2.24, 2.45) is 0 Å². The summed E-state index contributed by atoms with van der Waals surface area (Å²) in [5.74, 6) is 0. The molecule has 2 aliphatic carbocycles. The minimum Gasteiger partial charge on any atom is -0.310 e. The summed E-state index contributed by atoms with van der Waals surface area (Å²) in [6.45, 7) is 9.51. The van der Waals surface area contributed by atoms with Gasteiger partial charge in [0.05, 0.1) is 16.8 Å². The quantitative estimate of drug-likeness (QED) is 0.0873. The monoisotopic (exact) mass is 879 g/mol. The van der Waals surface area contributed by atoms with Gasteiger partial charge >= 0.3 is 0 Å². The zero-order chi connectivity index (χ0) is 43.9. The Balaban J connectivity index is 1.10. The van der Waals surface area contributed by atoms with Crippen molar-refractivity contribution in [1.82, 2.24) is 0 Å². The van der Waals surface area contributed by atoms with Crippen LogP contribution in [-0.4, -0.2) is 0 Å². The van der Waals surface area contributed by atoms with Gasteiger partial charge in [0.15, 0.2) is 0 Å². The van der Waals surface area contributed by atoms with Gasteiger partial charge in [0.1, 0.15) is 0 Å². The van der Waals surface area contributed by atoms with Gasteiger partial charge in [0.2, 0.25) is 0 Å². The van der Waals surface area contributed by atoms with Crippen molar-refractivity contribution in [3.63, 3.8) is 0 Å². The molecule has 65 heavy (non-hydrogen) atoms. The first-order valence-electron chi connectivity index (χ1n) is 24.4. The molecule has 2 aromatic heterocycles. The summed E-state index contributed by atoms with van der Waals surface area (Å²) < 4.78 is 0. The van der Waals surface area contributed by atoms with Crippen molar-refractivity contribution in [3.05, 3.63) is 195 Å². The topological polar surface area (TPSA) is 3.24 Å². The fourth-order valence-electron chi connectivity index (χ4n) is 12.1. The molecule has 0 atom stereocenters. The van der Waals surface area contributed by atoms with E-state index in [-0.39, 0.29) is 5.41 Å². The van der Waals surface area contributed by atoms with E-state index in [1.54, 1.807) is 9.75 Å². The first-order chi connectivity index (χ1) is 31.9.